The third kappa shape index (κ3) is 9.61. The number of nitrogens with zero attached hydrogens (tertiary/aromatic N) is 1. The van der Waals surface area contributed by atoms with Crippen molar-refractivity contribution in [3.05, 3.63) is 0 Å². The SMILES string of the molecule is CNCCN(C)C.P. The van der Waals surface area contributed by atoms with Crippen LogP contribution < -0.4 is 5.32 Å². The van der Waals surface area contributed by atoms with Crippen molar-refractivity contribution in [1.82, 2.24) is 10.2 Å². The molecule has 0 amide bonds. The summed E-state index contributed by atoms with van der Waals surface area (Å²) in [6.07, 6.45) is 0. The van der Waals surface area contributed by atoms with Crippen molar-refractivity contribution >= 4 is 9.90 Å². The third-order valence-electron chi connectivity index (χ3n) is 0.809. The largest absolute Gasteiger partial charge is 0.318 e. The van der Waals surface area contributed by atoms with E-state index in [1.165, 1.54) is 0 Å². The second-order valence-electron chi connectivity index (χ2n) is 1.91. The highest BCUT2D eigenvalue weighted by atomic mass is 31.0. The molecule has 2 nitrogen and oxygen atoms in total. The van der Waals surface area contributed by atoms with Gasteiger partial charge >= 0.3 is 0 Å². The van der Waals surface area contributed by atoms with E-state index in [1.54, 1.807) is 0 Å². The van der Waals surface area contributed by atoms with E-state index in [2.05, 4.69) is 24.3 Å². The lowest BCUT2D eigenvalue weighted by Crippen LogP contribution is -2.23. The fraction of sp³-hybridized carbons (Fsp3) is 1.00. The van der Waals surface area contributed by atoms with Crippen molar-refractivity contribution in [2.45, 2.75) is 0 Å². The lowest BCUT2D eigenvalue weighted by Gasteiger charge is -2.06. The Labute approximate surface area is 55.3 Å². The molecule has 0 saturated heterocycles. The lowest BCUT2D eigenvalue weighted by molar-refractivity contribution is 0.407. The van der Waals surface area contributed by atoms with Crippen LogP contribution in [0.2, 0.25) is 0 Å². The summed E-state index contributed by atoms with van der Waals surface area (Å²) in [5.74, 6) is 0. The van der Waals surface area contributed by atoms with Crippen molar-refractivity contribution in [3.8, 4) is 0 Å². The maximum atomic E-state index is 3.06. The highest BCUT2D eigenvalue weighted by molar-refractivity contribution is 6.92. The van der Waals surface area contributed by atoms with Gasteiger partial charge in [-0.15, -0.1) is 0 Å². The molecule has 1 N–H and O–H groups in total. The van der Waals surface area contributed by atoms with Gasteiger partial charge in [0.1, 0.15) is 0 Å². The van der Waals surface area contributed by atoms with Crippen LogP contribution in [0.4, 0.5) is 0 Å². The molecular weight excluding hydrogens is 119 g/mol. The monoisotopic (exact) mass is 136 g/mol. The van der Waals surface area contributed by atoms with Gasteiger partial charge in [-0.2, -0.15) is 9.90 Å². The minimum Gasteiger partial charge on any atom is -0.318 e. The van der Waals surface area contributed by atoms with Crippen molar-refractivity contribution in [3.63, 3.8) is 0 Å². The first-order chi connectivity index (χ1) is 3.27. The molecule has 0 aliphatic rings. The summed E-state index contributed by atoms with van der Waals surface area (Å²) >= 11 is 0. The predicted molar refractivity (Wildman–Crippen MR) is 43.6 cm³/mol. The molecule has 0 spiro atoms. The first-order valence-corrected chi connectivity index (χ1v) is 2.56. The minimum atomic E-state index is 0. The van der Waals surface area contributed by atoms with Gasteiger partial charge in [-0.05, 0) is 21.1 Å². The molecule has 0 bridgehead atoms. The minimum absolute atomic E-state index is 0. The van der Waals surface area contributed by atoms with Crippen LogP contribution in [0, 0.1) is 0 Å². The van der Waals surface area contributed by atoms with E-state index in [9.17, 15) is 0 Å². The fourth-order valence-corrected chi connectivity index (χ4v) is 0.335. The van der Waals surface area contributed by atoms with Crippen LogP contribution in [0.1, 0.15) is 0 Å². The molecule has 0 fully saturated rings. The van der Waals surface area contributed by atoms with E-state index in [0.29, 0.717) is 0 Å². The van der Waals surface area contributed by atoms with Crippen LogP contribution in [0.15, 0.2) is 0 Å². The molecule has 0 heterocycles. The average Bonchev–Trinajstić information content (AvgIpc) is 1.61. The Morgan fingerprint density at radius 2 is 1.88 bits per heavy atom. The van der Waals surface area contributed by atoms with Gasteiger partial charge in [0.15, 0.2) is 0 Å². The normalized spacial score (nSPS) is 9.00. The van der Waals surface area contributed by atoms with Gasteiger partial charge in [0, 0.05) is 13.1 Å². The van der Waals surface area contributed by atoms with Gasteiger partial charge in [-0.25, -0.2) is 0 Å². The molecule has 3 heteroatoms. The molecule has 0 aliphatic carbocycles. The topological polar surface area (TPSA) is 15.3 Å². The molecule has 0 radical (unpaired) electrons. The molecule has 0 rings (SSSR count). The number of hydrogen-bond acceptors (Lipinski definition) is 2. The van der Waals surface area contributed by atoms with Crippen LogP contribution in [0.25, 0.3) is 0 Å². The Morgan fingerprint density at radius 1 is 1.38 bits per heavy atom. The van der Waals surface area contributed by atoms with Gasteiger partial charge in [0.25, 0.3) is 0 Å². The Hall–Kier alpha value is 0.350. The van der Waals surface area contributed by atoms with Gasteiger partial charge < -0.3 is 10.2 Å². The summed E-state index contributed by atoms with van der Waals surface area (Å²) in [4.78, 5) is 2.15. The first kappa shape index (κ1) is 11.2. The summed E-state index contributed by atoms with van der Waals surface area (Å²) in [5.41, 5.74) is 0. The molecular formula is C5H17N2P. The molecule has 0 aromatic rings. The summed E-state index contributed by atoms with van der Waals surface area (Å²) in [5, 5.41) is 3.06. The smallest absolute Gasteiger partial charge is 0.0101 e. The molecule has 1 unspecified atom stereocenters. The van der Waals surface area contributed by atoms with E-state index in [0.717, 1.165) is 13.1 Å². The number of nitrogens with one attached hydrogen (secondary N) is 1. The van der Waals surface area contributed by atoms with Gasteiger partial charge in [0.05, 0.1) is 0 Å². The van der Waals surface area contributed by atoms with Crippen molar-refractivity contribution in [1.29, 1.82) is 0 Å². The zero-order chi connectivity index (χ0) is 5.70. The molecule has 0 aromatic carbocycles. The number of hydrogen-bond donors (Lipinski definition) is 1. The van der Waals surface area contributed by atoms with Crippen LogP contribution in [-0.4, -0.2) is 39.1 Å². The molecule has 0 aromatic heterocycles. The predicted octanol–water partition coefficient (Wildman–Crippen LogP) is -0.174. The Bertz CT molecular complexity index is 39.4. The molecule has 52 valence electrons. The van der Waals surface area contributed by atoms with Gasteiger partial charge in [0.2, 0.25) is 0 Å². The molecule has 0 aliphatic heterocycles. The number of likely N-dealkylation sites (N-methyl/N-ethyl adjacent to an activating group) is 2. The average molecular weight is 136 g/mol. The third-order valence-corrected chi connectivity index (χ3v) is 0.809. The summed E-state index contributed by atoms with van der Waals surface area (Å²) < 4.78 is 0. The molecule has 1 atom stereocenters. The zero-order valence-electron chi connectivity index (χ0n) is 6.07. The van der Waals surface area contributed by atoms with Crippen LogP contribution in [0.5, 0.6) is 0 Å². The summed E-state index contributed by atoms with van der Waals surface area (Å²) in [6.45, 7) is 2.20. The maximum Gasteiger partial charge on any atom is 0.0101 e. The summed E-state index contributed by atoms with van der Waals surface area (Å²) in [6, 6.07) is 0. The van der Waals surface area contributed by atoms with Gasteiger partial charge in [-0.1, -0.05) is 0 Å². The quantitative estimate of drug-likeness (QED) is 0.542. The van der Waals surface area contributed by atoms with Crippen molar-refractivity contribution in [2.75, 3.05) is 34.2 Å². The summed E-state index contributed by atoms with van der Waals surface area (Å²) in [7, 11) is 6.10. The fourth-order valence-electron chi connectivity index (χ4n) is 0.335. The van der Waals surface area contributed by atoms with E-state index in [-0.39, 0.29) is 9.90 Å². The van der Waals surface area contributed by atoms with E-state index >= 15 is 0 Å². The Kier molecular flexibility index (Phi) is 10.3. The Morgan fingerprint density at radius 3 is 2.00 bits per heavy atom. The molecule has 8 heavy (non-hydrogen) atoms. The lowest BCUT2D eigenvalue weighted by atomic mass is 10.6. The Balaban J connectivity index is 0. The standard InChI is InChI=1S/C5H14N2.H3P/c1-6-4-5-7(2)3;/h6H,4-5H2,1-3H3;1H3. The van der Waals surface area contributed by atoms with Crippen LogP contribution in [0.3, 0.4) is 0 Å². The highest BCUT2D eigenvalue weighted by Gasteiger charge is 1.82. The highest BCUT2D eigenvalue weighted by Crippen LogP contribution is 1.66. The van der Waals surface area contributed by atoms with Crippen LogP contribution in [-0.2, 0) is 0 Å². The maximum absolute atomic E-state index is 3.06. The second-order valence-corrected chi connectivity index (χ2v) is 1.91. The van der Waals surface area contributed by atoms with E-state index in [4.69, 9.17) is 0 Å². The van der Waals surface area contributed by atoms with Crippen molar-refractivity contribution in [2.24, 2.45) is 0 Å². The second kappa shape index (κ2) is 7.35. The van der Waals surface area contributed by atoms with E-state index in [1.807, 2.05) is 7.05 Å². The van der Waals surface area contributed by atoms with E-state index < -0.39 is 0 Å². The van der Waals surface area contributed by atoms with Crippen LogP contribution >= 0.6 is 9.90 Å². The zero-order valence-corrected chi connectivity index (χ0v) is 7.48. The van der Waals surface area contributed by atoms with Crippen molar-refractivity contribution < 1.29 is 0 Å². The van der Waals surface area contributed by atoms with Gasteiger partial charge in [-0.3, -0.25) is 0 Å². The first-order valence-electron chi connectivity index (χ1n) is 2.56. The molecule has 0 saturated carbocycles. The number of rotatable bonds is 3.